The topological polar surface area (TPSA) is 46.5 Å². The van der Waals surface area contributed by atoms with Crippen molar-refractivity contribution in [2.45, 2.75) is 6.61 Å². The van der Waals surface area contributed by atoms with Crippen LogP contribution in [-0.2, 0) is 11.3 Å². The summed E-state index contributed by atoms with van der Waals surface area (Å²) in [5, 5.41) is 10.5. The van der Waals surface area contributed by atoms with Crippen molar-refractivity contribution in [2.75, 3.05) is 0 Å². The number of hydrogen-bond donors (Lipinski definition) is 1. The standard InChI is InChI=1S/C14H10Cl2O3/c15-10-3-1-9(2-4-10)8-19-14(18)12-7-11(16)5-6-13(12)17/h1-7,17H,8H2. The summed E-state index contributed by atoms with van der Waals surface area (Å²) >= 11 is 11.5. The third kappa shape index (κ3) is 3.63. The first kappa shape index (κ1) is 13.7. The number of phenolic OH excluding ortho intramolecular Hbond substituents is 1. The van der Waals surface area contributed by atoms with Gasteiger partial charge >= 0.3 is 5.97 Å². The Bertz CT molecular complexity index is 594. The molecule has 0 fully saturated rings. The summed E-state index contributed by atoms with van der Waals surface area (Å²) in [6, 6.07) is 11.1. The van der Waals surface area contributed by atoms with Gasteiger partial charge in [0.25, 0.3) is 0 Å². The average molecular weight is 297 g/mol. The molecule has 19 heavy (non-hydrogen) atoms. The highest BCUT2D eigenvalue weighted by Crippen LogP contribution is 2.22. The number of phenols is 1. The summed E-state index contributed by atoms with van der Waals surface area (Å²) in [7, 11) is 0. The van der Waals surface area contributed by atoms with E-state index >= 15 is 0 Å². The molecule has 0 aliphatic heterocycles. The fourth-order valence-corrected chi connectivity index (χ4v) is 1.78. The average Bonchev–Trinajstić information content (AvgIpc) is 2.40. The predicted octanol–water partition coefficient (Wildman–Crippen LogP) is 4.06. The quantitative estimate of drug-likeness (QED) is 0.869. The van der Waals surface area contributed by atoms with E-state index in [1.165, 1.54) is 18.2 Å². The first-order valence-electron chi connectivity index (χ1n) is 5.46. The minimum absolute atomic E-state index is 0.0430. The Morgan fingerprint density at radius 1 is 1.05 bits per heavy atom. The van der Waals surface area contributed by atoms with E-state index < -0.39 is 5.97 Å². The first-order chi connectivity index (χ1) is 9.06. The van der Waals surface area contributed by atoms with Gasteiger partial charge in [0.2, 0.25) is 0 Å². The molecule has 3 nitrogen and oxygen atoms in total. The van der Waals surface area contributed by atoms with Crippen molar-refractivity contribution < 1.29 is 14.6 Å². The van der Waals surface area contributed by atoms with Crippen LogP contribution in [0, 0.1) is 0 Å². The van der Waals surface area contributed by atoms with E-state index in [2.05, 4.69) is 0 Å². The Hall–Kier alpha value is -1.71. The lowest BCUT2D eigenvalue weighted by Gasteiger charge is -2.07. The zero-order chi connectivity index (χ0) is 13.8. The van der Waals surface area contributed by atoms with Crippen molar-refractivity contribution in [1.82, 2.24) is 0 Å². The van der Waals surface area contributed by atoms with Gasteiger partial charge in [0.05, 0.1) is 0 Å². The molecule has 1 N–H and O–H groups in total. The van der Waals surface area contributed by atoms with Crippen LogP contribution in [0.3, 0.4) is 0 Å². The summed E-state index contributed by atoms with van der Waals surface area (Å²) in [5.41, 5.74) is 0.848. The summed E-state index contributed by atoms with van der Waals surface area (Å²) in [6.07, 6.45) is 0. The van der Waals surface area contributed by atoms with E-state index in [-0.39, 0.29) is 17.9 Å². The number of benzene rings is 2. The van der Waals surface area contributed by atoms with Crippen LogP contribution >= 0.6 is 23.2 Å². The van der Waals surface area contributed by atoms with Crippen molar-refractivity contribution in [3.8, 4) is 5.75 Å². The fraction of sp³-hybridized carbons (Fsp3) is 0.0714. The van der Waals surface area contributed by atoms with Crippen LogP contribution in [0.25, 0.3) is 0 Å². The molecule has 0 aliphatic rings. The Kier molecular flexibility index (Phi) is 4.30. The number of carbonyl (C=O) groups excluding carboxylic acids is 1. The van der Waals surface area contributed by atoms with Crippen LogP contribution < -0.4 is 0 Å². The Morgan fingerprint density at radius 3 is 2.37 bits per heavy atom. The van der Waals surface area contributed by atoms with Gasteiger partial charge in [0, 0.05) is 10.0 Å². The lowest BCUT2D eigenvalue weighted by atomic mass is 10.2. The van der Waals surface area contributed by atoms with Crippen molar-refractivity contribution in [2.24, 2.45) is 0 Å². The van der Waals surface area contributed by atoms with Gasteiger partial charge in [0.15, 0.2) is 0 Å². The van der Waals surface area contributed by atoms with E-state index in [9.17, 15) is 9.90 Å². The summed E-state index contributed by atoms with van der Waals surface area (Å²) in [6.45, 7) is 0.0992. The molecule has 0 amide bonds. The van der Waals surface area contributed by atoms with E-state index in [0.29, 0.717) is 10.0 Å². The molecule has 0 aromatic heterocycles. The third-order valence-corrected chi connectivity index (χ3v) is 2.95. The zero-order valence-corrected chi connectivity index (χ0v) is 11.3. The van der Waals surface area contributed by atoms with E-state index in [0.717, 1.165) is 5.56 Å². The molecule has 0 saturated heterocycles. The van der Waals surface area contributed by atoms with Crippen LogP contribution in [-0.4, -0.2) is 11.1 Å². The minimum atomic E-state index is -0.630. The monoisotopic (exact) mass is 296 g/mol. The van der Waals surface area contributed by atoms with Crippen molar-refractivity contribution in [3.05, 3.63) is 63.6 Å². The maximum Gasteiger partial charge on any atom is 0.342 e. The number of carbonyl (C=O) groups is 1. The van der Waals surface area contributed by atoms with Crippen molar-refractivity contribution >= 4 is 29.2 Å². The maximum absolute atomic E-state index is 11.8. The third-order valence-electron chi connectivity index (χ3n) is 2.46. The molecule has 0 heterocycles. The SMILES string of the molecule is O=C(OCc1ccc(Cl)cc1)c1cc(Cl)ccc1O. The number of hydrogen-bond acceptors (Lipinski definition) is 3. The normalized spacial score (nSPS) is 10.2. The van der Waals surface area contributed by atoms with Crippen molar-refractivity contribution in [3.63, 3.8) is 0 Å². The molecule has 98 valence electrons. The highest BCUT2D eigenvalue weighted by Gasteiger charge is 2.13. The number of aromatic hydroxyl groups is 1. The molecule has 0 aliphatic carbocycles. The highest BCUT2D eigenvalue weighted by molar-refractivity contribution is 6.31. The van der Waals surface area contributed by atoms with Gasteiger partial charge in [-0.15, -0.1) is 0 Å². The van der Waals surface area contributed by atoms with Gasteiger partial charge in [0.1, 0.15) is 17.9 Å². The largest absolute Gasteiger partial charge is 0.507 e. The Morgan fingerprint density at radius 2 is 1.68 bits per heavy atom. The molecule has 5 heteroatoms. The zero-order valence-electron chi connectivity index (χ0n) is 9.77. The van der Waals surface area contributed by atoms with Gasteiger partial charge in [-0.05, 0) is 35.9 Å². The van der Waals surface area contributed by atoms with Crippen LogP contribution in [0.5, 0.6) is 5.75 Å². The molecule has 0 atom stereocenters. The van der Waals surface area contributed by atoms with Crippen molar-refractivity contribution in [1.29, 1.82) is 0 Å². The summed E-state index contributed by atoms with van der Waals surface area (Å²) in [4.78, 5) is 11.8. The molecule has 0 spiro atoms. The van der Waals surface area contributed by atoms with Gasteiger partial charge < -0.3 is 9.84 Å². The number of rotatable bonds is 3. The molecule has 2 rings (SSSR count). The van der Waals surface area contributed by atoms with Gasteiger partial charge in [-0.3, -0.25) is 0 Å². The minimum Gasteiger partial charge on any atom is -0.507 e. The highest BCUT2D eigenvalue weighted by atomic mass is 35.5. The Balaban J connectivity index is 2.05. The number of ether oxygens (including phenoxy) is 1. The Labute approximate surface area is 120 Å². The number of esters is 1. The molecule has 0 bridgehead atoms. The second kappa shape index (κ2) is 5.95. The molecule has 2 aromatic rings. The molecular weight excluding hydrogens is 287 g/mol. The van der Waals surface area contributed by atoms with E-state index in [4.69, 9.17) is 27.9 Å². The van der Waals surface area contributed by atoms with Gasteiger partial charge in [-0.1, -0.05) is 35.3 Å². The number of halogens is 2. The van der Waals surface area contributed by atoms with E-state index in [1.807, 2.05) is 0 Å². The van der Waals surface area contributed by atoms with Gasteiger partial charge in [-0.2, -0.15) is 0 Å². The van der Waals surface area contributed by atoms with Crippen LogP contribution in [0.15, 0.2) is 42.5 Å². The summed E-state index contributed by atoms with van der Waals surface area (Å²) < 4.78 is 5.09. The second-order valence-corrected chi connectivity index (χ2v) is 4.74. The van der Waals surface area contributed by atoms with E-state index in [1.54, 1.807) is 24.3 Å². The van der Waals surface area contributed by atoms with Crippen LogP contribution in [0.1, 0.15) is 15.9 Å². The first-order valence-corrected chi connectivity index (χ1v) is 6.22. The molecule has 0 radical (unpaired) electrons. The smallest absolute Gasteiger partial charge is 0.342 e. The lowest BCUT2D eigenvalue weighted by molar-refractivity contribution is 0.0469. The maximum atomic E-state index is 11.8. The molecule has 2 aromatic carbocycles. The van der Waals surface area contributed by atoms with Gasteiger partial charge in [-0.25, -0.2) is 4.79 Å². The van der Waals surface area contributed by atoms with Crippen LogP contribution in [0.4, 0.5) is 0 Å². The van der Waals surface area contributed by atoms with Crippen LogP contribution in [0.2, 0.25) is 10.0 Å². The second-order valence-electron chi connectivity index (χ2n) is 3.86. The summed E-state index contributed by atoms with van der Waals surface area (Å²) in [5.74, 6) is -0.791. The molecule has 0 saturated carbocycles. The molecule has 0 unspecified atom stereocenters. The fourth-order valence-electron chi connectivity index (χ4n) is 1.48. The molecular formula is C14H10Cl2O3. The lowest BCUT2D eigenvalue weighted by Crippen LogP contribution is -2.05. The predicted molar refractivity (Wildman–Crippen MR) is 73.7 cm³/mol.